The van der Waals surface area contributed by atoms with Gasteiger partial charge in [0.1, 0.15) is 19.4 Å². The van der Waals surface area contributed by atoms with Crippen LogP contribution in [0.2, 0.25) is 0 Å². The third-order valence-electron chi connectivity index (χ3n) is 2.92. The monoisotopic (exact) mass is 250 g/mol. The second kappa shape index (κ2) is 4.94. The molecule has 3 rings (SSSR count). The highest BCUT2D eigenvalue weighted by molar-refractivity contribution is 5.60. The summed E-state index contributed by atoms with van der Waals surface area (Å²) in [7, 11) is 2.01. The lowest BCUT2D eigenvalue weighted by Crippen LogP contribution is -2.31. The van der Waals surface area contributed by atoms with E-state index in [1.54, 1.807) is 12.4 Å². The van der Waals surface area contributed by atoms with E-state index < -0.39 is 0 Å². The van der Waals surface area contributed by atoms with Crippen LogP contribution in [-0.2, 0) is 7.05 Å². The zero-order chi connectivity index (χ0) is 13.1. The Balaban J connectivity index is 1.93. The molecule has 0 radical (unpaired) electrons. The smallest absolute Gasteiger partial charge is 0.208 e. The molecule has 0 aliphatic carbocycles. The van der Waals surface area contributed by atoms with Crippen molar-refractivity contribution < 1.29 is 9.13 Å². The Labute approximate surface area is 111 Å². The first kappa shape index (κ1) is 11.5. The summed E-state index contributed by atoms with van der Waals surface area (Å²) in [5.41, 5.74) is 2.37. The second-order valence-corrected chi connectivity index (χ2v) is 4.30. The molecule has 0 amide bonds. The van der Waals surface area contributed by atoms with E-state index >= 15 is 0 Å². The van der Waals surface area contributed by atoms with Crippen molar-refractivity contribution in [3.05, 3.63) is 67.5 Å². The molecule has 0 saturated carbocycles. The van der Waals surface area contributed by atoms with Gasteiger partial charge in [0.15, 0.2) is 12.4 Å². The van der Waals surface area contributed by atoms with Crippen LogP contribution in [0.4, 0.5) is 0 Å². The van der Waals surface area contributed by atoms with E-state index in [4.69, 9.17) is 0 Å². The zero-order valence-electron chi connectivity index (χ0n) is 10.6. The van der Waals surface area contributed by atoms with Crippen molar-refractivity contribution in [2.45, 2.75) is 0 Å². The average Bonchev–Trinajstić information content (AvgIpc) is 2.49. The van der Waals surface area contributed by atoms with Crippen LogP contribution in [-0.4, -0.2) is 9.97 Å². The molecule has 0 spiro atoms. The Morgan fingerprint density at radius 3 is 1.89 bits per heavy atom. The number of hydrogen-bond donors (Lipinski definition) is 0. The summed E-state index contributed by atoms with van der Waals surface area (Å²) in [5.74, 6) is 0.675. The fourth-order valence-corrected chi connectivity index (χ4v) is 1.87. The van der Waals surface area contributed by atoms with Crippen molar-refractivity contribution in [2.24, 2.45) is 7.05 Å². The van der Waals surface area contributed by atoms with Crippen molar-refractivity contribution in [3.8, 4) is 17.1 Å². The molecule has 0 fully saturated rings. The highest BCUT2D eigenvalue weighted by Crippen LogP contribution is 2.15. The van der Waals surface area contributed by atoms with E-state index in [0.717, 1.165) is 0 Å². The van der Waals surface area contributed by atoms with Gasteiger partial charge in [-0.3, -0.25) is 0 Å². The molecule has 3 aromatic heterocycles. The molecular weight excluding hydrogens is 236 g/mol. The molecular formula is C15H14N4+2. The molecule has 0 atom stereocenters. The van der Waals surface area contributed by atoms with E-state index in [1.165, 1.54) is 11.1 Å². The molecule has 19 heavy (non-hydrogen) atoms. The van der Waals surface area contributed by atoms with Gasteiger partial charge in [-0.1, -0.05) is 9.97 Å². The minimum Gasteiger partial charge on any atom is -0.208 e. The standard InChI is InChI=1S/C15H14N4/c1-18-9-3-13(4-10-18)14-5-11-19(12-6-14)15-16-7-2-8-17-15/h2-12H,1H3/q+2. The maximum Gasteiger partial charge on any atom is 0.437 e. The van der Waals surface area contributed by atoms with Crippen LogP contribution in [0.15, 0.2) is 67.5 Å². The van der Waals surface area contributed by atoms with E-state index in [2.05, 4.69) is 34.2 Å². The maximum atomic E-state index is 4.21. The van der Waals surface area contributed by atoms with E-state index in [-0.39, 0.29) is 0 Å². The predicted octanol–water partition coefficient (Wildman–Crippen LogP) is 1.24. The van der Waals surface area contributed by atoms with Gasteiger partial charge in [-0.2, -0.15) is 0 Å². The van der Waals surface area contributed by atoms with Crippen molar-refractivity contribution >= 4 is 0 Å². The fraction of sp³-hybridized carbons (Fsp3) is 0.0667. The first-order valence-electron chi connectivity index (χ1n) is 6.07. The SMILES string of the molecule is C[n+]1ccc(-c2cc[n+](-c3ncccn3)cc2)cc1. The molecule has 0 unspecified atom stereocenters. The van der Waals surface area contributed by atoms with E-state index in [0.29, 0.717) is 5.95 Å². The Kier molecular flexibility index (Phi) is 2.98. The van der Waals surface area contributed by atoms with Gasteiger partial charge in [-0.25, -0.2) is 9.13 Å². The summed E-state index contributed by atoms with van der Waals surface area (Å²) in [5, 5.41) is 0. The molecule has 0 aromatic carbocycles. The van der Waals surface area contributed by atoms with Crippen molar-refractivity contribution in [3.63, 3.8) is 0 Å². The topological polar surface area (TPSA) is 33.5 Å². The Bertz CT molecular complexity index is 661. The fourth-order valence-electron chi connectivity index (χ4n) is 1.87. The first-order valence-corrected chi connectivity index (χ1v) is 6.07. The molecule has 0 N–H and O–H groups in total. The van der Waals surface area contributed by atoms with Crippen LogP contribution in [0, 0.1) is 0 Å². The molecule has 92 valence electrons. The zero-order valence-corrected chi connectivity index (χ0v) is 10.6. The van der Waals surface area contributed by atoms with Gasteiger partial charge in [0.05, 0.1) is 12.4 Å². The van der Waals surface area contributed by atoms with Crippen LogP contribution in [0.1, 0.15) is 0 Å². The maximum absolute atomic E-state index is 4.21. The highest BCUT2D eigenvalue weighted by atomic mass is 15.1. The van der Waals surface area contributed by atoms with Crippen LogP contribution >= 0.6 is 0 Å². The molecule has 0 saturated heterocycles. The summed E-state index contributed by atoms with van der Waals surface area (Å²) in [6, 6.07) is 10.1. The quantitative estimate of drug-likeness (QED) is 0.641. The average molecular weight is 250 g/mol. The number of pyridine rings is 2. The third kappa shape index (κ3) is 2.47. The molecule has 4 heteroatoms. The van der Waals surface area contributed by atoms with Gasteiger partial charge in [0, 0.05) is 18.2 Å². The van der Waals surface area contributed by atoms with E-state index in [1.807, 2.05) is 47.0 Å². The van der Waals surface area contributed by atoms with Gasteiger partial charge < -0.3 is 0 Å². The number of aromatic nitrogens is 4. The van der Waals surface area contributed by atoms with Crippen LogP contribution in [0.25, 0.3) is 17.1 Å². The van der Waals surface area contributed by atoms with Crippen LogP contribution < -0.4 is 9.13 Å². The summed E-state index contributed by atoms with van der Waals surface area (Å²) < 4.78 is 3.91. The Hall–Kier alpha value is -2.62. The first-order chi connectivity index (χ1) is 9.33. The Morgan fingerprint density at radius 2 is 1.32 bits per heavy atom. The van der Waals surface area contributed by atoms with Gasteiger partial charge in [-0.15, -0.1) is 0 Å². The largest absolute Gasteiger partial charge is 0.437 e. The minimum atomic E-state index is 0.675. The van der Waals surface area contributed by atoms with Crippen LogP contribution in [0.3, 0.4) is 0 Å². The van der Waals surface area contributed by atoms with Gasteiger partial charge in [-0.05, 0) is 23.3 Å². The molecule has 4 nitrogen and oxygen atoms in total. The lowest BCUT2D eigenvalue weighted by molar-refractivity contribution is -0.671. The predicted molar refractivity (Wildman–Crippen MR) is 70.2 cm³/mol. The van der Waals surface area contributed by atoms with Crippen molar-refractivity contribution in [1.29, 1.82) is 0 Å². The Morgan fingerprint density at radius 1 is 0.789 bits per heavy atom. The lowest BCUT2D eigenvalue weighted by atomic mass is 10.1. The third-order valence-corrected chi connectivity index (χ3v) is 2.92. The molecule has 3 heterocycles. The summed E-state index contributed by atoms with van der Waals surface area (Å²) >= 11 is 0. The number of rotatable bonds is 2. The van der Waals surface area contributed by atoms with Gasteiger partial charge in [0.2, 0.25) is 0 Å². The summed E-state index contributed by atoms with van der Waals surface area (Å²) in [6.45, 7) is 0. The molecule has 0 aliphatic rings. The van der Waals surface area contributed by atoms with Crippen LogP contribution in [0.5, 0.6) is 0 Å². The number of aryl methyl sites for hydroxylation is 1. The van der Waals surface area contributed by atoms with Crippen molar-refractivity contribution in [1.82, 2.24) is 9.97 Å². The lowest BCUT2D eigenvalue weighted by Gasteiger charge is -2.00. The molecule has 3 aromatic rings. The summed E-state index contributed by atoms with van der Waals surface area (Å²) in [6.07, 6.45) is 11.5. The molecule has 0 bridgehead atoms. The number of nitrogens with zero attached hydrogens (tertiary/aromatic N) is 4. The van der Waals surface area contributed by atoms with Gasteiger partial charge >= 0.3 is 5.95 Å². The van der Waals surface area contributed by atoms with E-state index in [9.17, 15) is 0 Å². The second-order valence-electron chi connectivity index (χ2n) is 4.30. The van der Waals surface area contributed by atoms with Gasteiger partial charge in [0.25, 0.3) is 0 Å². The number of hydrogen-bond acceptors (Lipinski definition) is 2. The highest BCUT2D eigenvalue weighted by Gasteiger charge is 2.07. The van der Waals surface area contributed by atoms with Crippen molar-refractivity contribution in [2.75, 3.05) is 0 Å². The summed E-state index contributed by atoms with van der Waals surface area (Å²) in [4.78, 5) is 8.42. The molecule has 0 aliphatic heterocycles. The normalized spacial score (nSPS) is 10.4. The minimum absolute atomic E-state index is 0.675.